The fraction of sp³-hybridized carbons (Fsp3) is 0.312. The molecule has 2 rings (SSSR count). The van der Waals surface area contributed by atoms with Gasteiger partial charge in [0.25, 0.3) is 5.91 Å². The van der Waals surface area contributed by atoms with Gasteiger partial charge in [-0.3, -0.25) is 4.79 Å². The molecule has 1 heterocycles. The lowest BCUT2D eigenvalue weighted by molar-refractivity contribution is 0.0916. The molecule has 0 spiro atoms. The first-order chi connectivity index (χ1) is 10.2. The SMILES string of the molecule is C=C(S/C=C\N)N1CCCC(NC(=O)c2ccccc2)C1. The van der Waals surface area contributed by atoms with Crippen molar-refractivity contribution in [1.82, 2.24) is 10.2 Å². The lowest BCUT2D eigenvalue weighted by Crippen LogP contribution is -2.46. The molecule has 4 nitrogen and oxygen atoms in total. The van der Waals surface area contributed by atoms with Crippen molar-refractivity contribution in [2.75, 3.05) is 13.1 Å². The highest BCUT2D eigenvalue weighted by Crippen LogP contribution is 2.23. The van der Waals surface area contributed by atoms with Gasteiger partial charge in [0.15, 0.2) is 0 Å². The second-order valence-corrected chi connectivity index (χ2v) is 5.94. The maximum absolute atomic E-state index is 12.2. The minimum atomic E-state index is -0.0115. The minimum absolute atomic E-state index is 0.0115. The average Bonchev–Trinajstić information content (AvgIpc) is 2.53. The molecule has 1 aromatic rings. The predicted octanol–water partition coefficient (Wildman–Crippen LogP) is 2.52. The van der Waals surface area contributed by atoms with Crippen LogP contribution in [0.15, 0.2) is 53.5 Å². The zero-order valence-electron chi connectivity index (χ0n) is 12.0. The predicted molar refractivity (Wildman–Crippen MR) is 88.6 cm³/mol. The van der Waals surface area contributed by atoms with Crippen molar-refractivity contribution in [3.05, 3.63) is 59.1 Å². The number of nitrogens with zero attached hydrogens (tertiary/aromatic N) is 1. The van der Waals surface area contributed by atoms with E-state index in [4.69, 9.17) is 5.73 Å². The van der Waals surface area contributed by atoms with Crippen LogP contribution in [0.3, 0.4) is 0 Å². The third kappa shape index (κ3) is 4.56. The fourth-order valence-electron chi connectivity index (χ4n) is 2.37. The summed E-state index contributed by atoms with van der Waals surface area (Å²) in [6.45, 7) is 5.83. The molecule has 1 fully saturated rings. The Kier molecular flexibility index (Phi) is 5.75. The monoisotopic (exact) mass is 303 g/mol. The van der Waals surface area contributed by atoms with Gasteiger partial charge >= 0.3 is 0 Å². The van der Waals surface area contributed by atoms with Gasteiger partial charge in [-0.2, -0.15) is 0 Å². The van der Waals surface area contributed by atoms with Gasteiger partial charge in [-0.25, -0.2) is 0 Å². The third-order valence-electron chi connectivity index (χ3n) is 3.43. The zero-order chi connectivity index (χ0) is 15.1. The molecule has 3 N–H and O–H groups in total. The smallest absolute Gasteiger partial charge is 0.251 e. The third-order valence-corrected chi connectivity index (χ3v) is 4.25. The van der Waals surface area contributed by atoms with Crippen molar-refractivity contribution >= 4 is 17.7 Å². The average molecular weight is 303 g/mol. The number of carbonyl (C=O) groups is 1. The maximum Gasteiger partial charge on any atom is 0.251 e. The summed E-state index contributed by atoms with van der Waals surface area (Å²) in [6.07, 6.45) is 3.56. The van der Waals surface area contributed by atoms with E-state index in [1.807, 2.05) is 35.7 Å². The Morgan fingerprint density at radius 3 is 2.90 bits per heavy atom. The molecule has 0 aliphatic carbocycles. The van der Waals surface area contributed by atoms with E-state index in [0.29, 0.717) is 5.56 Å². The van der Waals surface area contributed by atoms with Crippen molar-refractivity contribution < 1.29 is 4.79 Å². The first-order valence-electron chi connectivity index (χ1n) is 7.04. The quantitative estimate of drug-likeness (QED) is 0.877. The van der Waals surface area contributed by atoms with E-state index in [2.05, 4.69) is 16.8 Å². The number of piperidine rings is 1. The van der Waals surface area contributed by atoms with Crippen LogP contribution in [0.25, 0.3) is 0 Å². The molecular weight excluding hydrogens is 282 g/mol. The maximum atomic E-state index is 12.2. The summed E-state index contributed by atoms with van der Waals surface area (Å²) < 4.78 is 0. The molecule has 1 aliphatic rings. The van der Waals surface area contributed by atoms with Crippen LogP contribution < -0.4 is 11.1 Å². The van der Waals surface area contributed by atoms with Crippen molar-refractivity contribution in [1.29, 1.82) is 0 Å². The molecule has 1 aromatic carbocycles. The van der Waals surface area contributed by atoms with Gasteiger partial charge in [-0.05, 0) is 30.4 Å². The topological polar surface area (TPSA) is 58.4 Å². The summed E-state index contributed by atoms with van der Waals surface area (Å²) in [6, 6.07) is 9.48. The highest BCUT2D eigenvalue weighted by atomic mass is 32.2. The normalized spacial score (nSPS) is 18.7. The Bertz CT molecular complexity index is 516. The lowest BCUT2D eigenvalue weighted by Gasteiger charge is -2.35. The number of amides is 1. The van der Waals surface area contributed by atoms with Gasteiger partial charge in [0, 0.05) is 30.9 Å². The first-order valence-corrected chi connectivity index (χ1v) is 7.92. The molecule has 0 aromatic heterocycles. The molecule has 0 radical (unpaired) electrons. The highest BCUT2D eigenvalue weighted by molar-refractivity contribution is 8.05. The molecule has 0 bridgehead atoms. The standard InChI is InChI=1S/C16H21N3OS/c1-13(21-11-9-17)19-10-5-8-15(12-19)18-16(20)14-6-3-2-4-7-14/h2-4,6-7,9,11,15H,1,5,8,10,12,17H2,(H,18,20)/b11-9-. The van der Waals surface area contributed by atoms with Crippen LogP contribution in [-0.4, -0.2) is 29.9 Å². The number of thioether (sulfide) groups is 1. The molecule has 5 heteroatoms. The van der Waals surface area contributed by atoms with Gasteiger partial charge in [0.1, 0.15) is 0 Å². The summed E-state index contributed by atoms with van der Waals surface area (Å²) in [5.74, 6) is -0.0115. The van der Waals surface area contributed by atoms with Crippen LogP contribution in [0.2, 0.25) is 0 Å². The molecule has 112 valence electrons. The Hall–Kier alpha value is -1.88. The van der Waals surface area contributed by atoms with E-state index in [0.717, 1.165) is 31.0 Å². The molecule has 1 unspecified atom stereocenters. The van der Waals surface area contributed by atoms with Gasteiger partial charge < -0.3 is 16.0 Å². The van der Waals surface area contributed by atoms with Gasteiger partial charge in [-0.1, -0.05) is 36.5 Å². The molecule has 1 atom stereocenters. The van der Waals surface area contributed by atoms with E-state index < -0.39 is 0 Å². The van der Waals surface area contributed by atoms with Crippen LogP contribution in [0.4, 0.5) is 0 Å². The molecule has 0 saturated carbocycles. The van der Waals surface area contributed by atoms with Gasteiger partial charge in [-0.15, -0.1) is 0 Å². The number of hydrogen-bond acceptors (Lipinski definition) is 4. The van der Waals surface area contributed by atoms with E-state index in [-0.39, 0.29) is 11.9 Å². The minimum Gasteiger partial charge on any atom is -0.404 e. The van der Waals surface area contributed by atoms with E-state index in [9.17, 15) is 4.79 Å². The molecule has 21 heavy (non-hydrogen) atoms. The number of likely N-dealkylation sites (tertiary alicyclic amines) is 1. The zero-order valence-corrected chi connectivity index (χ0v) is 12.8. The lowest BCUT2D eigenvalue weighted by atomic mass is 10.1. The van der Waals surface area contributed by atoms with Crippen LogP contribution in [0.5, 0.6) is 0 Å². The number of nitrogens with one attached hydrogen (secondary N) is 1. The summed E-state index contributed by atoms with van der Waals surface area (Å²) in [7, 11) is 0. The Balaban J connectivity index is 1.89. The van der Waals surface area contributed by atoms with Gasteiger partial charge in [0.2, 0.25) is 0 Å². The van der Waals surface area contributed by atoms with Crippen LogP contribution in [-0.2, 0) is 0 Å². The van der Waals surface area contributed by atoms with Gasteiger partial charge in [0.05, 0.1) is 5.03 Å². The molecule has 1 saturated heterocycles. The van der Waals surface area contributed by atoms with E-state index in [1.165, 1.54) is 18.0 Å². The van der Waals surface area contributed by atoms with Crippen LogP contribution in [0.1, 0.15) is 23.2 Å². The van der Waals surface area contributed by atoms with Crippen LogP contribution in [0, 0.1) is 0 Å². The summed E-state index contributed by atoms with van der Waals surface area (Å²) >= 11 is 1.51. The highest BCUT2D eigenvalue weighted by Gasteiger charge is 2.22. The van der Waals surface area contributed by atoms with Crippen LogP contribution >= 0.6 is 11.8 Å². The molecule has 1 amide bonds. The molecular formula is C16H21N3OS. The van der Waals surface area contributed by atoms with Crippen molar-refractivity contribution in [2.24, 2.45) is 5.73 Å². The first kappa shape index (κ1) is 15.5. The Morgan fingerprint density at radius 1 is 1.43 bits per heavy atom. The van der Waals surface area contributed by atoms with Crippen molar-refractivity contribution in [3.63, 3.8) is 0 Å². The number of benzene rings is 1. The second kappa shape index (κ2) is 7.78. The van der Waals surface area contributed by atoms with Crippen molar-refractivity contribution in [3.8, 4) is 0 Å². The summed E-state index contributed by atoms with van der Waals surface area (Å²) in [5, 5.41) is 5.88. The number of rotatable bonds is 5. The van der Waals surface area contributed by atoms with E-state index >= 15 is 0 Å². The summed E-state index contributed by atoms with van der Waals surface area (Å²) in [4.78, 5) is 14.4. The Morgan fingerprint density at radius 2 is 2.19 bits per heavy atom. The number of hydrogen-bond donors (Lipinski definition) is 2. The van der Waals surface area contributed by atoms with Crippen molar-refractivity contribution in [2.45, 2.75) is 18.9 Å². The van der Waals surface area contributed by atoms with E-state index in [1.54, 1.807) is 0 Å². The Labute approximate surface area is 130 Å². The number of carbonyl (C=O) groups excluding carboxylic acids is 1. The number of nitrogens with two attached hydrogens (primary N) is 1. The fourth-order valence-corrected chi connectivity index (χ4v) is 2.92. The summed E-state index contributed by atoms with van der Waals surface area (Å²) in [5.41, 5.74) is 6.05. The second-order valence-electron chi connectivity index (χ2n) is 4.96. The molecule has 1 aliphatic heterocycles. The largest absolute Gasteiger partial charge is 0.404 e.